The van der Waals surface area contributed by atoms with Crippen molar-refractivity contribution >= 4 is 11.8 Å². The van der Waals surface area contributed by atoms with Crippen molar-refractivity contribution in [2.24, 2.45) is 0 Å². The summed E-state index contributed by atoms with van der Waals surface area (Å²) in [5.41, 5.74) is 0. The number of aromatic amines is 1. The molecule has 122 valence electrons. The van der Waals surface area contributed by atoms with E-state index < -0.39 is 0 Å². The highest BCUT2D eigenvalue weighted by molar-refractivity contribution is 5.88. The van der Waals surface area contributed by atoms with Crippen molar-refractivity contribution < 1.29 is 9.59 Å². The molecule has 2 amide bonds. The summed E-state index contributed by atoms with van der Waals surface area (Å²) in [6.45, 7) is 5.14. The van der Waals surface area contributed by atoms with Crippen LogP contribution in [0.2, 0.25) is 0 Å². The number of aryl methyl sites for hydroxylation is 2. The van der Waals surface area contributed by atoms with Crippen LogP contribution < -0.4 is 0 Å². The van der Waals surface area contributed by atoms with Crippen LogP contribution in [0.25, 0.3) is 0 Å². The van der Waals surface area contributed by atoms with Crippen molar-refractivity contribution in [3.63, 3.8) is 0 Å². The second-order valence-electron chi connectivity index (χ2n) is 5.84. The van der Waals surface area contributed by atoms with E-state index in [2.05, 4.69) is 22.1 Å². The Balaban J connectivity index is 1.97. The molecule has 1 aromatic rings. The molecule has 0 bridgehead atoms. The van der Waals surface area contributed by atoms with Gasteiger partial charge in [0.15, 0.2) is 5.82 Å². The Labute approximate surface area is 131 Å². The number of rotatable bonds is 6. The van der Waals surface area contributed by atoms with Crippen LogP contribution >= 0.6 is 0 Å². The maximum Gasteiger partial charge on any atom is 0.245 e. The van der Waals surface area contributed by atoms with Gasteiger partial charge in [0.1, 0.15) is 11.9 Å². The van der Waals surface area contributed by atoms with E-state index in [1.165, 1.54) is 0 Å². The number of aromatic nitrogens is 3. The molecule has 2 heterocycles. The molecule has 2 rings (SSSR count). The van der Waals surface area contributed by atoms with Gasteiger partial charge in [-0.25, -0.2) is 4.98 Å². The third-order valence-electron chi connectivity index (χ3n) is 4.07. The zero-order valence-electron chi connectivity index (χ0n) is 13.6. The highest BCUT2D eigenvalue weighted by Gasteiger charge is 2.35. The number of unbranched alkanes of at least 4 members (excludes halogenated alkanes) is 1. The van der Waals surface area contributed by atoms with E-state index in [9.17, 15) is 9.59 Å². The molecular formula is C15H25N5O2. The Morgan fingerprint density at radius 1 is 1.41 bits per heavy atom. The van der Waals surface area contributed by atoms with Crippen LogP contribution in [0.5, 0.6) is 0 Å². The third kappa shape index (κ3) is 3.84. The minimum atomic E-state index is -0.305. The van der Waals surface area contributed by atoms with Gasteiger partial charge in [-0.2, -0.15) is 5.10 Å². The van der Waals surface area contributed by atoms with E-state index in [0.717, 1.165) is 25.1 Å². The number of nitrogens with one attached hydrogen (secondary N) is 1. The number of hydrogen-bond donors (Lipinski definition) is 1. The lowest BCUT2D eigenvalue weighted by Crippen LogP contribution is -2.57. The summed E-state index contributed by atoms with van der Waals surface area (Å²) >= 11 is 0. The first kappa shape index (κ1) is 16.5. The lowest BCUT2D eigenvalue weighted by molar-refractivity contribution is -0.150. The molecule has 0 unspecified atom stereocenters. The fourth-order valence-corrected chi connectivity index (χ4v) is 2.75. The van der Waals surface area contributed by atoms with Gasteiger partial charge in [-0.3, -0.25) is 14.7 Å². The zero-order chi connectivity index (χ0) is 16.1. The average Bonchev–Trinajstić information content (AvgIpc) is 2.92. The van der Waals surface area contributed by atoms with Crippen LogP contribution in [0.3, 0.4) is 0 Å². The Kier molecular flexibility index (Phi) is 5.51. The summed E-state index contributed by atoms with van der Waals surface area (Å²) in [5.74, 6) is 1.47. The molecule has 1 fully saturated rings. The fraction of sp³-hybridized carbons (Fsp3) is 0.733. The van der Waals surface area contributed by atoms with Crippen LogP contribution in [0.4, 0.5) is 0 Å². The predicted octanol–water partition coefficient (Wildman–Crippen LogP) is 0.905. The van der Waals surface area contributed by atoms with Crippen LogP contribution in [-0.2, 0) is 16.0 Å². The Morgan fingerprint density at radius 3 is 2.82 bits per heavy atom. The van der Waals surface area contributed by atoms with Crippen molar-refractivity contribution in [3.8, 4) is 0 Å². The van der Waals surface area contributed by atoms with Crippen molar-refractivity contribution in [3.05, 3.63) is 11.6 Å². The van der Waals surface area contributed by atoms with Gasteiger partial charge in [-0.05, 0) is 13.3 Å². The second kappa shape index (κ2) is 7.38. The molecule has 22 heavy (non-hydrogen) atoms. The molecule has 0 spiro atoms. The van der Waals surface area contributed by atoms with Crippen molar-refractivity contribution in [1.82, 2.24) is 25.0 Å². The first-order valence-electron chi connectivity index (χ1n) is 7.95. The van der Waals surface area contributed by atoms with E-state index in [-0.39, 0.29) is 17.9 Å². The maximum atomic E-state index is 12.5. The van der Waals surface area contributed by atoms with Gasteiger partial charge in [-0.15, -0.1) is 0 Å². The largest absolute Gasteiger partial charge is 0.342 e. The van der Waals surface area contributed by atoms with Gasteiger partial charge in [0.25, 0.3) is 0 Å². The first-order valence-corrected chi connectivity index (χ1v) is 7.95. The molecule has 1 atom stereocenters. The molecule has 0 aliphatic carbocycles. The number of H-pyrrole nitrogens is 1. The molecule has 7 nitrogen and oxygen atoms in total. The van der Waals surface area contributed by atoms with Gasteiger partial charge in [0, 0.05) is 33.0 Å². The van der Waals surface area contributed by atoms with Gasteiger partial charge in [-0.1, -0.05) is 19.8 Å². The molecular weight excluding hydrogens is 282 g/mol. The third-order valence-corrected chi connectivity index (χ3v) is 4.07. The predicted molar refractivity (Wildman–Crippen MR) is 82.1 cm³/mol. The number of carbonyl (C=O) groups is 2. The Hall–Kier alpha value is -1.92. The van der Waals surface area contributed by atoms with E-state index in [0.29, 0.717) is 31.8 Å². The maximum absolute atomic E-state index is 12.5. The number of likely N-dealkylation sites (N-methyl/N-ethyl adjacent to an activating group) is 1. The summed E-state index contributed by atoms with van der Waals surface area (Å²) in [4.78, 5) is 32.5. The number of hydrogen-bond acceptors (Lipinski definition) is 4. The van der Waals surface area contributed by atoms with Crippen LogP contribution in [0, 0.1) is 6.92 Å². The monoisotopic (exact) mass is 307 g/mol. The summed E-state index contributed by atoms with van der Waals surface area (Å²) in [6, 6.07) is -0.305. The topological polar surface area (TPSA) is 82.2 Å². The average molecular weight is 307 g/mol. The summed E-state index contributed by atoms with van der Waals surface area (Å²) in [7, 11) is 1.81. The lowest BCUT2D eigenvalue weighted by atomic mass is 10.0. The van der Waals surface area contributed by atoms with Crippen molar-refractivity contribution in [1.29, 1.82) is 0 Å². The minimum Gasteiger partial charge on any atom is -0.342 e. The summed E-state index contributed by atoms with van der Waals surface area (Å²) < 4.78 is 0. The van der Waals surface area contributed by atoms with Crippen molar-refractivity contribution in [2.75, 3.05) is 20.1 Å². The molecule has 1 aromatic heterocycles. The Bertz CT molecular complexity index is 528. The lowest BCUT2D eigenvalue weighted by Gasteiger charge is -2.39. The molecule has 1 saturated heterocycles. The van der Waals surface area contributed by atoms with E-state index in [1.54, 1.807) is 16.8 Å². The fourth-order valence-electron chi connectivity index (χ4n) is 2.75. The standard InChI is InChI=1S/C15H25N5O2/c1-4-5-6-12-15(22)19(3)9-10-20(12)14(21)8-7-13-16-11(2)17-18-13/h12H,4-10H2,1-3H3,(H,16,17,18)/t12-/m0/s1. The number of piperazine rings is 1. The van der Waals surface area contributed by atoms with E-state index in [4.69, 9.17) is 0 Å². The molecule has 1 aliphatic heterocycles. The van der Waals surface area contributed by atoms with Gasteiger partial charge < -0.3 is 9.80 Å². The molecule has 0 aromatic carbocycles. The molecule has 0 saturated carbocycles. The first-order chi connectivity index (χ1) is 10.5. The summed E-state index contributed by atoms with van der Waals surface area (Å²) in [6.07, 6.45) is 3.56. The molecule has 0 radical (unpaired) electrons. The van der Waals surface area contributed by atoms with E-state index in [1.807, 2.05) is 6.92 Å². The minimum absolute atomic E-state index is 0.0185. The normalized spacial score (nSPS) is 18.9. The second-order valence-corrected chi connectivity index (χ2v) is 5.84. The van der Waals surface area contributed by atoms with Crippen LogP contribution in [-0.4, -0.2) is 63.0 Å². The van der Waals surface area contributed by atoms with Crippen LogP contribution in [0.1, 0.15) is 44.3 Å². The number of amides is 2. The zero-order valence-corrected chi connectivity index (χ0v) is 13.6. The van der Waals surface area contributed by atoms with E-state index >= 15 is 0 Å². The molecule has 1 N–H and O–H groups in total. The van der Waals surface area contributed by atoms with Gasteiger partial charge >= 0.3 is 0 Å². The highest BCUT2D eigenvalue weighted by Crippen LogP contribution is 2.17. The summed E-state index contributed by atoms with van der Waals surface area (Å²) in [5, 5.41) is 6.82. The number of nitrogens with zero attached hydrogens (tertiary/aromatic N) is 4. The Morgan fingerprint density at radius 2 is 2.18 bits per heavy atom. The van der Waals surface area contributed by atoms with Crippen molar-refractivity contribution in [2.45, 2.75) is 52.0 Å². The number of carbonyl (C=O) groups excluding carboxylic acids is 2. The molecule has 1 aliphatic rings. The highest BCUT2D eigenvalue weighted by atomic mass is 16.2. The van der Waals surface area contributed by atoms with Gasteiger partial charge in [0.05, 0.1) is 0 Å². The van der Waals surface area contributed by atoms with Gasteiger partial charge in [0.2, 0.25) is 11.8 Å². The molecule has 7 heteroatoms. The quantitative estimate of drug-likeness (QED) is 0.846. The van der Waals surface area contributed by atoms with Crippen LogP contribution in [0.15, 0.2) is 0 Å². The smallest absolute Gasteiger partial charge is 0.245 e. The SMILES string of the molecule is CCCC[C@H]1C(=O)N(C)CCN1C(=O)CCc1n[nH]c(C)n1.